The second kappa shape index (κ2) is 3.87. The average Bonchev–Trinajstić information content (AvgIpc) is 2.29. The van der Waals surface area contributed by atoms with Gasteiger partial charge in [0.2, 0.25) is 0 Å². The SMILES string of the molecule is CC1(C)C(N)CC1NC(=O)c1ccncc1. The summed E-state index contributed by atoms with van der Waals surface area (Å²) in [4.78, 5) is 15.7. The zero-order valence-corrected chi connectivity index (χ0v) is 9.60. The first-order valence-electron chi connectivity index (χ1n) is 5.48. The summed E-state index contributed by atoms with van der Waals surface area (Å²) in [7, 11) is 0. The Morgan fingerprint density at radius 2 is 2.12 bits per heavy atom. The van der Waals surface area contributed by atoms with E-state index in [-0.39, 0.29) is 23.4 Å². The van der Waals surface area contributed by atoms with Crippen molar-refractivity contribution in [3.05, 3.63) is 30.1 Å². The number of hydrogen-bond donors (Lipinski definition) is 2. The van der Waals surface area contributed by atoms with E-state index in [2.05, 4.69) is 24.1 Å². The first-order chi connectivity index (χ1) is 7.51. The summed E-state index contributed by atoms with van der Waals surface area (Å²) >= 11 is 0. The van der Waals surface area contributed by atoms with E-state index in [9.17, 15) is 4.79 Å². The van der Waals surface area contributed by atoms with Crippen LogP contribution in [0.1, 0.15) is 30.6 Å². The van der Waals surface area contributed by atoms with E-state index in [0.717, 1.165) is 6.42 Å². The Morgan fingerprint density at radius 1 is 1.50 bits per heavy atom. The third-order valence-corrected chi connectivity index (χ3v) is 3.59. The minimum Gasteiger partial charge on any atom is -0.349 e. The van der Waals surface area contributed by atoms with Gasteiger partial charge in [0.05, 0.1) is 0 Å². The van der Waals surface area contributed by atoms with E-state index in [4.69, 9.17) is 5.73 Å². The van der Waals surface area contributed by atoms with Crippen LogP contribution in [0.15, 0.2) is 24.5 Å². The largest absolute Gasteiger partial charge is 0.349 e. The van der Waals surface area contributed by atoms with Gasteiger partial charge in [0.15, 0.2) is 0 Å². The second-order valence-corrected chi connectivity index (χ2v) is 4.93. The van der Waals surface area contributed by atoms with E-state index in [0.29, 0.717) is 5.56 Å². The van der Waals surface area contributed by atoms with Gasteiger partial charge in [-0.2, -0.15) is 0 Å². The Morgan fingerprint density at radius 3 is 2.62 bits per heavy atom. The highest BCUT2D eigenvalue weighted by Gasteiger charge is 2.46. The van der Waals surface area contributed by atoms with Crippen LogP contribution in [0.2, 0.25) is 0 Å². The summed E-state index contributed by atoms with van der Waals surface area (Å²) in [5.74, 6) is -0.0487. The molecule has 3 N–H and O–H groups in total. The fourth-order valence-electron chi connectivity index (χ4n) is 1.95. The van der Waals surface area contributed by atoms with Gasteiger partial charge in [0.25, 0.3) is 5.91 Å². The fraction of sp³-hybridized carbons (Fsp3) is 0.500. The Hall–Kier alpha value is -1.42. The Kier molecular flexibility index (Phi) is 2.68. The molecule has 1 aliphatic carbocycles. The van der Waals surface area contributed by atoms with E-state index in [1.165, 1.54) is 0 Å². The quantitative estimate of drug-likeness (QED) is 0.777. The average molecular weight is 219 g/mol. The Balaban J connectivity index is 2.00. The number of hydrogen-bond acceptors (Lipinski definition) is 3. The molecule has 1 fully saturated rings. The van der Waals surface area contributed by atoms with Crippen molar-refractivity contribution in [2.24, 2.45) is 11.1 Å². The van der Waals surface area contributed by atoms with Crippen LogP contribution in [0, 0.1) is 5.41 Å². The molecule has 1 aliphatic rings. The highest BCUT2D eigenvalue weighted by Crippen LogP contribution is 2.39. The van der Waals surface area contributed by atoms with Crippen molar-refractivity contribution in [2.45, 2.75) is 32.4 Å². The Bertz CT molecular complexity index is 389. The van der Waals surface area contributed by atoms with Gasteiger partial charge in [-0.1, -0.05) is 13.8 Å². The number of pyridine rings is 1. The molecular formula is C12H17N3O. The van der Waals surface area contributed by atoms with E-state index in [1.807, 2.05) is 0 Å². The number of aromatic nitrogens is 1. The lowest BCUT2D eigenvalue weighted by molar-refractivity contribution is 0.0586. The van der Waals surface area contributed by atoms with Crippen LogP contribution < -0.4 is 11.1 Å². The fourth-order valence-corrected chi connectivity index (χ4v) is 1.95. The maximum absolute atomic E-state index is 11.9. The maximum atomic E-state index is 11.9. The highest BCUT2D eigenvalue weighted by atomic mass is 16.1. The normalized spacial score (nSPS) is 26.9. The third kappa shape index (κ3) is 1.80. The van der Waals surface area contributed by atoms with E-state index < -0.39 is 0 Å². The lowest BCUT2D eigenvalue weighted by Crippen LogP contribution is -2.64. The van der Waals surface area contributed by atoms with Crippen molar-refractivity contribution in [1.29, 1.82) is 0 Å². The van der Waals surface area contributed by atoms with E-state index >= 15 is 0 Å². The molecule has 1 aromatic heterocycles. The van der Waals surface area contributed by atoms with Gasteiger partial charge in [-0.05, 0) is 18.6 Å². The van der Waals surface area contributed by atoms with Crippen molar-refractivity contribution >= 4 is 5.91 Å². The molecule has 2 unspecified atom stereocenters. The van der Waals surface area contributed by atoms with Gasteiger partial charge < -0.3 is 11.1 Å². The van der Waals surface area contributed by atoms with Crippen molar-refractivity contribution < 1.29 is 4.79 Å². The van der Waals surface area contributed by atoms with Gasteiger partial charge in [0.1, 0.15) is 0 Å². The molecule has 86 valence electrons. The number of nitrogens with two attached hydrogens (primary N) is 1. The first-order valence-corrected chi connectivity index (χ1v) is 5.48. The van der Waals surface area contributed by atoms with Crippen LogP contribution in [-0.4, -0.2) is 23.0 Å². The molecule has 4 nitrogen and oxygen atoms in total. The lowest BCUT2D eigenvalue weighted by Gasteiger charge is -2.50. The molecule has 2 rings (SSSR count). The van der Waals surface area contributed by atoms with Crippen LogP contribution in [0.4, 0.5) is 0 Å². The van der Waals surface area contributed by atoms with Crippen LogP contribution >= 0.6 is 0 Å². The molecular weight excluding hydrogens is 202 g/mol. The summed E-state index contributed by atoms with van der Waals surface area (Å²) in [6.45, 7) is 4.16. The van der Waals surface area contributed by atoms with Crippen LogP contribution in [0.3, 0.4) is 0 Å². The minimum atomic E-state index is -0.0487. The summed E-state index contributed by atoms with van der Waals surface area (Å²) in [6, 6.07) is 3.76. The molecule has 0 saturated heterocycles. The molecule has 2 atom stereocenters. The standard InChI is InChI=1S/C12H17N3O/c1-12(2)9(13)7-10(12)15-11(16)8-3-5-14-6-4-8/h3-6,9-10H,7,13H2,1-2H3,(H,15,16). The molecule has 1 amide bonds. The molecule has 0 aliphatic heterocycles. The van der Waals surface area contributed by atoms with Gasteiger partial charge in [-0.3, -0.25) is 9.78 Å². The topological polar surface area (TPSA) is 68.0 Å². The number of carbonyl (C=O) groups excluding carboxylic acids is 1. The summed E-state index contributed by atoms with van der Waals surface area (Å²) in [5.41, 5.74) is 6.53. The lowest BCUT2D eigenvalue weighted by atomic mass is 9.63. The van der Waals surface area contributed by atoms with Crippen LogP contribution in [-0.2, 0) is 0 Å². The molecule has 16 heavy (non-hydrogen) atoms. The Labute approximate surface area is 95.3 Å². The molecule has 1 saturated carbocycles. The monoisotopic (exact) mass is 219 g/mol. The van der Waals surface area contributed by atoms with Gasteiger partial charge in [-0.25, -0.2) is 0 Å². The molecule has 0 bridgehead atoms. The van der Waals surface area contributed by atoms with Crippen molar-refractivity contribution in [1.82, 2.24) is 10.3 Å². The number of carbonyl (C=O) groups is 1. The predicted octanol–water partition coefficient (Wildman–Crippen LogP) is 0.937. The second-order valence-electron chi connectivity index (χ2n) is 4.93. The third-order valence-electron chi connectivity index (χ3n) is 3.59. The summed E-state index contributed by atoms with van der Waals surface area (Å²) < 4.78 is 0. The highest BCUT2D eigenvalue weighted by molar-refractivity contribution is 5.94. The van der Waals surface area contributed by atoms with Crippen LogP contribution in [0.5, 0.6) is 0 Å². The summed E-state index contributed by atoms with van der Waals surface area (Å²) in [6.07, 6.45) is 4.09. The molecule has 1 aromatic rings. The minimum absolute atomic E-state index is 0.0112. The maximum Gasteiger partial charge on any atom is 0.251 e. The first kappa shape index (κ1) is 11.1. The molecule has 0 aromatic carbocycles. The van der Waals surface area contributed by atoms with Gasteiger partial charge in [-0.15, -0.1) is 0 Å². The number of rotatable bonds is 2. The molecule has 4 heteroatoms. The van der Waals surface area contributed by atoms with Crippen LogP contribution in [0.25, 0.3) is 0 Å². The molecule has 0 radical (unpaired) electrons. The smallest absolute Gasteiger partial charge is 0.251 e. The van der Waals surface area contributed by atoms with Crippen molar-refractivity contribution in [2.75, 3.05) is 0 Å². The predicted molar refractivity (Wildman–Crippen MR) is 61.9 cm³/mol. The van der Waals surface area contributed by atoms with E-state index in [1.54, 1.807) is 24.5 Å². The zero-order valence-electron chi connectivity index (χ0n) is 9.60. The van der Waals surface area contributed by atoms with Crippen molar-refractivity contribution in [3.63, 3.8) is 0 Å². The molecule has 1 heterocycles. The van der Waals surface area contributed by atoms with Crippen molar-refractivity contribution in [3.8, 4) is 0 Å². The number of nitrogens with one attached hydrogen (secondary N) is 1. The summed E-state index contributed by atoms with van der Waals surface area (Å²) in [5, 5.41) is 3.01. The number of nitrogens with zero attached hydrogens (tertiary/aromatic N) is 1. The zero-order chi connectivity index (χ0) is 11.8. The van der Waals surface area contributed by atoms with Gasteiger partial charge >= 0.3 is 0 Å². The number of amides is 1. The van der Waals surface area contributed by atoms with Gasteiger partial charge in [0, 0.05) is 35.5 Å². The molecule has 0 spiro atoms.